The molecule has 0 radical (unpaired) electrons. The van der Waals surface area contributed by atoms with Crippen molar-refractivity contribution in [3.05, 3.63) is 45.7 Å². The zero-order valence-corrected chi connectivity index (χ0v) is 11.2. The highest BCUT2D eigenvalue weighted by atomic mass is 32.1. The second-order valence-electron chi connectivity index (χ2n) is 3.97. The van der Waals surface area contributed by atoms with E-state index in [9.17, 15) is 0 Å². The van der Waals surface area contributed by atoms with Crippen molar-refractivity contribution >= 4 is 11.3 Å². The summed E-state index contributed by atoms with van der Waals surface area (Å²) in [6.07, 6.45) is 3.70. The fraction of sp³-hybridized carbons (Fsp3) is 0.385. The van der Waals surface area contributed by atoms with Crippen LogP contribution in [0.15, 0.2) is 24.5 Å². The number of aromatic nitrogens is 2. The molecule has 2 aromatic heterocycles. The van der Waals surface area contributed by atoms with E-state index in [0.29, 0.717) is 0 Å². The van der Waals surface area contributed by atoms with Gasteiger partial charge in [0.2, 0.25) is 0 Å². The molecule has 0 aliphatic rings. The maximum Gasteiger partial charge on any atom is 0.115 e. The lowest BCUT2D eigenvalue weighted by Crippen LogP contribution is -2.21. The fourth-order valence-corrected chi connectivity index (χ4v) is 2.75. The molecule has 0 saturated heterocycles. The Labute approximate surface area is 106 Å². The molecule has 0 aliphatic carbocycles. The highest BCUT2D eigenvalue weighted by Gasteiger charge is 2.17. The van der Waals surface area contributed by atoms with Crippen LogP contribution >= 0.6 is 11.3 Å². The van der Waals surface area contributed by atoms with Gasteiger partial charge in [-0.3, -0.25) is 4.98 Å². The van der Waals surface area contributed by atoms with E-state index in [4.69, 9.17) is 0 Å². The number of thiazole rings is 1. The summed E-state index contributed by atoms with van der Waals surface area (Å²) in [7, 11) is 0. The molecule has 0 amide bonds. The van der Waals surface area contributed by atoms with Crippen LogP contribution in [-0.4, -0.2) is 16.5 Å². The quantitative estimate of drug-likeness (QED) is 0.902. The Morgan fingerprint density at radius 2 is 2.24 bits per heavy atom. The fourth-order valence-electron chi connectivity index (χ4n) is 1.72. The van der Waals surface area contributed by atoms with Crippen molar-refractivity contribution in [3.63, 3.8) is 0 Å². The first-order valence-corrected chi connectivity index (χ1v) is 6.61. The predicted molar refractivity (Wildman–Crippen MR) is 71.3 cm³/mol. The summed E-state index contributed by atoms with van der Waals surface area (Å²) in [5, 5.41) is 4.58. The van der Waals surface area contributed by atoms with Crippen LogP contribution in [0.4, 0.5) is 0 Å². The van der Waals surface area contributed by atoms with Crippen LogP contribution in [0.1, 0.15) is 34.1 Å². The van der Waals surface area contributed by atoms with Crippen molar-refractivity contribution in [1.82, 2.24) is 15.3 Å². The molecule has 2 aromatic rings. The van der Waals surface area contributed by atoms with Crippen molar-refractivity contribution in [2.75, 3.05) is 6.54 Å². The first-order chi connectivity index (χ1) is 8.22. The number of hydrogen-bond acceptors (Lipinski definition) is 4. The zero-order valence-electron chi connectivity index (χ0n) is 10.4. The molecule has 0 fully saturated rings. The predicted octanol–water partition coefficient (Wildman–Crippen LogP) is 2.85. The molecule has 0 saturated carbocycles. The van der Waals surface area contributed by atoms with Crippen molar-refractivity contribution < 1.29 is 0 Å². The minimum atomic E-state index is 0.158. The lowest BCUT2D eigenvalue weighted by atomic mass is 10.1. The molecule has 90 valence electrons. The van der Waals surface area contributed by atoms with Gasteiger partial charge in [0.15, 0.2) is 0 Å². The van der Waals surface area contributed by atoms with Crippen molar-refractivity contribution in [2.24, 2.45) is 0 Å². The van der Waals surface area contributed by atoms with Gasteiger partial charge in [-0.05, 0) is 32.0 Å². The van der Waals surface area contributed by atoms with Gasteiger partial charge in [0.1, 0.15) is 5.01 Å². The number of hydrogen-bond donors (Lipinski definition) is 1. The minimum Gasteiger partial charge on any atom is -0.304 e. The smallest absolute Gasteiger partial charge is 0.115 e. The molecule has 1 unspecified atom stereocenters. The molecular weight excluding hydrogens is 230 g/mol. The molecular formula is C13H17N3S. The van der Waals surface area contributed by atoms with Crippen LogP contribution in [0.25, 0.3) is 0 Å². The molecule has 1 N–H and O–H groups in total. The van der Waals surface area contributed by atoms with E-state index < -0.39 is 0 Å². The summed E-state index contributed by atoms with van der Waals surface area (Å²) in [5.74, 6) is 0. The largest absolute Gasteiger partial charge is 0.304 e. The van der Waals surface area contributed by atoms with Crippen molar-refractivity contribution in [1.29, 1.82) is 0 Å². The number of rotatable bonds is 4. The van der Waals surface area contributed by atoms with Crippen LogP contribution < -0.4 is 5.32 Å². The number of aryl methyl sites for hydroxylation is 2. The molecule has 17 heavy (non-hydrogen) atoms. The molecule has 2 rings (SSSR count). The van der Waals surface area contributed by atoms with E-state index in [-0.39, 0.29) is 6.04 Å². The Morgan fingerprint density at radius 1 is 1.41 bits per heavy atom. The topological polar surface area (TPSA) is 37.8 Å². The first kappa shape index (κ1) is 12.2. The Bertz CT molecular complexity index is 459. The minimum absolute atomic E-state index is 0.158. The summed E-state index contributed by atoms with van der Waals surface area (Å²) in [4.78, 5) is 10.1. The maximum absolute atomic E-state index is 4.63. The Hall–Kier alpha value is -1.26. The van der Waals surface area contributed by atoms with E-state index in [0.717, 1.165) is 17.2 Å². The van der Waals surface area contributed by atoms with Gasteiger partial charge in [-0.15, -0.1) is 11.3 Å². The average Bonchev–Trinajstić information content (AvgIpc) is 2.67. The third-order valence-electron chi connectivity index (χ3n) is 2.72. The van der Waals surface area contributed by atoms with E-state index in [1.54, 1.807) is 17.5 Å². The molecule has 3 nitrogen and oxygen atoms in total. The SMILES string of the molecule is CCNC(c1cccnc1)c1nc(C)c(C)s1. The molecule has 0 aromatic carbocycles. The monoisotopic (exact) mass is 247 g/mol. The second-order valence-corrected chi connectivity index (χ2v) is 5.21. The van der Waals surface area contributed by atoms with E-state index in [1.165, 1.54) is 10.4 Å². The Balaban J connectivity index is 2.35. The van der Waals surface area contributed by atoms with Crippen LogP contribution in [0.3, 0.4) is 0 Å². The van der Waals surface area contributed by atoms with Gasteiger partial charge in [-0.2, -0.15) is 0 Å². The van der Waals surface area contributed by atoms with Gasteiger partial charge in [-0.1, -0.05) is 13.0 Å². The van der Waals surface area contributed by atoms with Gasteiger partial charge in [-0.25, -0.2) is 4.98 Å². The molecule has 0 spiro atoms. The standard InChI is InChI=1S/C13H17N3S/c1-4-15-12(11-6-5-7-14-8-11)13-16-9(2)10(3)17-13/h5-8,12,15H,4H2,1-3H3. The normalized spacial score (nSPS) is 12.6. The van der Waals surface area contributed by atoms with Gasteiger partial charge in [0.25, 0.3) is 0 Å². The zero-order chi connectivity index (χ0) is 12.3. The van der Waals surface area contributed by atoms with Crippen molar-refractivity contribution in [2.45, 2.75) is 26.8 Å². The molecule has 0 aliphatic heterocycles. The highest BCUT2D eigenvalue weighted by Crippen LogP contribution is 2.27. The van der Waals surface area contributed by atoms with Gasteiger partial charge < -0.3 is 5.32 Å². The summed E-state index contributed by atoms with van der Waals surface area (Å²) in [5.41, 5.74) is 2.29. The first-order valence-electron chi connectivity index (χ1n) is 5.79. The van der Waals surface area contributed by atoms with Gasteiger partial charge >= 0.3 is 0 Å². The summed E-state index contributed by atoms with van der Waals surface area (Å²) in [6.45, 7) is 7.19. The summed E-state index contributed by atoms with van der Waals surface area (Å²) < 4.78 is 0. The third-order valence-corrected chi connectivity index (χ3v) is 3.86. The number of nitrogens with zero attached hydrogens (tertiary/aromatic N) is 2. The lowest BCUT2D eigenvalue weighted by Gasteiger charge is -2.15. The average molecular weight is 247 g/mol. The highest BCUT2D eigenvalue weighted by molar-refractivity contribution is 7.11. The Morgan fingerprint density at radius 3 is 2.76 bits per heavy atom. The van der Waals surface area contributed by atoms with Crippen LogP contribution in [0, 0.1) is 13.8 Å². The lowest BCUT2D eigenvalue weighted by molar-refractivity contribution is 0.624. The van der Waals surface area contributed by atoms with Crippen molar-refractivity contribution in [3.8, 4) is 0 Å². The number of nitrogens with one attached hydrogen (secondary N) is 1. The Kier molecular flexibility index (Phi) is 3.86. The summed E-state index contributed by atoms with van der Waals surface area (Å²) in [6, 6.07) is 4.21. The van der Waals surface area contributed by atoms with E-state index in [1.807, 2.05) is 12.3 Å². The number of pyridine rings is 1. The summed E-state index contributed by atoms with van der Waals surface area (Å²) >= 11 is 1.76. The molecule has 1 atom stereocenters. The van der Waals surface area contributed by atoms with E-state index >= 15 is 0 Å². The van der Waals surface area contributed by atoms with Crippen LogP contribution in [0.5, 0.6) is 0 Å². The van der Waals surface area contributed by atoms with Gasteiger partial charge in [0, 0.05) is 17.3 Å². The van der Waals surface area contributed by atoms with Crippen LogP contribution in [0.2, 0.25) is 0 Å². The second kappa shape index (κ2) is 5.38. The van der Waals surface area contributed by atoms with Crippen LogP contribution in [-0.2, 0) is 0 Å². The molecule has 0 bridgehead atoms. The maximum atomic E-state index is 4.63. The molecule has 4 heteroatoms. The van der Waals surface area contributed by atoms with Gasteiger partial charge in [0.05, 0.1) is 11.7 Å². The third kappa shape index (κ3) is 2.70. The van der Waals surface area contributed by atoms with E-state index in [2.05, 4.69) is 42.1 Å². The molecule has 2 heterocycles.